The number of aromatic nitrogens is 2. The molecule has 20 heavy (non-hydrogen) atoms. The molecule has 0 fully saturated rings. The lowest BCUT2D eigenvalue weighted by Gasteiger charge is -2.11. The van der Waals surface area contributed by atoms with Crippen LogP contribution in [0.15, 0.2) is 42.5 Å². The predicted molar refractivity (Wildman–Crippen MR) is 83.2 cm³/mol. The molecule has 0 spiro atoms. The highest BCUT2D eigenvalue weighted by molar-refractivity contribution is 6.36. The number of hydrogen-bond donors (Lipinski definition) is 1. The third-order valence-corrected chi connectivity index (χ3v) is 4.00. The van der Waals surface area contributed by atoms with E-state index in [1.165, 1.54) is 0 Å². The minimum Gasteiger partial charge on any atom is -0.324 e. The van der Waals surface area contributed by atoms with Gasteiger partial charge in [0.1, 0.15) is 5.82 Å². The van der Waals surface area contributed by atoms with Gasteiger partial charge in [-0.15, -0.1) is 0 Å². The minimum atomic E-state index is 0.372. The Kier molecular flexibility index (Phi) is 3.66. The molecule has 2 aromatic carbocycles. The van der Waals surface area contributed by atoms with Gasteiger partial charge in [0.25, 0.3) is 0 Å². The van der Waals surface area contributed by atoms with Crippen molar-refractivity contribution in [2.24, 2.45) is 5.73 Å². The number of nitrogens with zero attached hydrogens (tertiary/aromatic N) is 2. The van der Waals surface area contributed by atoms with Crippen LogP contribution in [-0.4, -0.2) is 9.55 Å². The summed E-state index contributed by atoms with van der Waals surface area (Å²) < 4.78 is 2.06. The Morgan fingerprint density at radius 1 is 1.00 bits per heavy atom. The van der Waals surface area contributed by atoms with E-state index in [4.69, 9.17) is 28.9 Å². The zero-order valence-corrected chi connectivity index (χ0v) is 12.2. The molecule has 0 bridgehead atoms. The van der Waals surface area contributed by atoms with E-state index in [2.05, 4.69) is 9.55 Å². The second kappa shape index (κ2) is 5.44. The molecule has 102 valence electrons. The van der Waals surface area contributed by atoms with Crippen LogP contribution in [0.3, 0.4) is 0 Å². The molecular formula is C15H13Cl2N3. The van der Waals surface area contributed by atoms with E-state index in [1.807, 2.05) is 42.5 Å². The summed E-state index contributed by atoms with van der Waals surface area (Å²) >= 11 is 12.5. The summed E-state index contributed by atoms with van der Waals surface area (Å²) in [5.74, 6) is 0.821. The zero-order chi connectivity index (χ0) is 14.1. The molecule has 2 N–H and O–H groups in total. The molecule has 0 unspecified atom stereocenters. The van der Waals surface area contributed by atoms with Crippen LogP contribution in [-0.2, 0) is 13.1 Å². The molecule has 0 aliphatic carbocycles. The van der Waals surface area contributed by atoms with Crippen molar-refractivity contribution in [2.75, 3.05) is 0 Å². The molecule has 0 saturated heterocycles. The first-order valence-electron chi connectivity index (χ1n) is 6.28. The monoisotopic (exact) mass is 305 g/mol. The average Bonchev–Trinajstić information content (AvgIpc) is 2.81. The highest BCUT2D eigenvalue weighted by Crippen LogP contribution is 2.27. The smallest absolute Gasteiger partial charge is 0.123 e. The standard InChI is InChI=1S/C15H13Cl2N3/c16-11-4-3-5-12(17)10(11)9-20-14-7-2-1-6-13(14)19-15(20)8-18/h1-7H,8-9,18H2. The summed E-state index contributed by atoms with van der Waals surface area (Å²) in [6.45, 7) is 0.933. The number of nitrogens with two attached hydrogens (primary N) is 1. The average molecular weight is 306 g/mol. The second-order valence-electron chi connectivity index (χ2n) is 4.51. The molecule has 0 aliphatic heterocycles. The first-order valence-corrected chi connectivity index (χ1v) is 7.03. The highest BCUT2D eigenvalue weighted by atomic mass is 35.5. The molecule has 3 aromatic rings. The van der Waals surface area contributed by atoms with Crippen LogP contribution in [0.1, 0.15) is 11.4 Å². The lowest BCUT2D eigenvalue weighted by atomic mass is 10.2. The quantitative estimate of drug-likeness (QED) is 0.798. The maximum Gasteiger partial charge on any atom is 0.123 e. The number of para-hydroxylation sites is 2. The number of imidazole rings is 1. The Bertz CT molecular complexity index is 745. The van der Waals surface area contributed by atoms with Crippen molar-refractivity contribution >= 4 is 34.2 Å². The maximum atomic E-state index is 6.24. The summed E-state index contributed by atoms with van der Waals surface area (Å²) in [4.78, 5) is 4.54. The van der Waals surface area contributed by atoms with Gasteiger partial charge < -0.3 is 10.3 Å². The van der Waals surface area contributed by atoms with E-state index in [0.29, 0.717) is 23.1 Å². The van der Waals surface area contributed by atoms with E-state index >= 15 is 0 Å². The number of fused-ring (bicyclic) bond motifs is 1. The van der Waals surface area contributed by atoms with Crippen LogP contribution >= 0.6 is 23.2 Å². The fraction of sp³-hybridized carbons (Fsp3) is 0.133. The lowest BCUT2D eigenvalue weighted by Crippen LogP contribution is -2.10. The molecule has 0 atom stereocenters. The third kappa shape index (κ3) is 2.29. The highest BCUT2D eigenvalue weighted by Gasteiger charge is 2.12. The number of hydrogen-bond acceptors (Lipinski definition) is 2. The van der Waals surface area contributed by atoms with Gasteiger partial charge in [-0.1, -0.05) is 41.4 Å². The van der Waals surface area contributed by atoms with E-state index in [-0.39, 0.29) is 0 Å². The van der Waals surface area contributed by atoms with Crippen LogP contribution in [0.25, 0.3) is 11.0 Å². The predicted octanol–water partition coefficient (Wildman–Crippen LogP) is 3.85. The SMILES string of the molecule is NCc1nc2ccccc2n1Cc1c(Cl)cccc1Cl. The molecule has 3 rings (SSSR count). The molecule has 1 heterocycles. The lowest BCUT2D eigenvalue weighted by molar-refractivity contribution is 0.744. The Balaban J connectivity index is 2.15. The van der Waals surface area contributed by atoms with Crippen LogP contribution < -0.4 is 5.73 Å². The van der Waals surface area contributed by atoms with Crippen molar-refractivity contribution in [3.05, 3.63) is 63.9 Å². The van der Waals surface area contributed by atoms with Gasteiger partial charge in [-0.05, 0) is 24.3 Å². The molecule has 0 aliphatic rings. The fourth-order valence-electron chi connectivity index (χ4n) is 2.30. The molecule has 5 heteroatoms. The molecule has 0 amide bonds. The van der Waals surface area contributed by atoms with Gasteiger partial charge in [0.2, 0.25) is 0 Å². The molecular weight excluding hydrogens is 293 g/mol. The van der Waals surface area contributed by atoms with Crippen molar-refractivity contribution in [1.29, 1.82) is 0 Å². The minimum absolute atomic E-state index is 0.372. The normalized spacial score (nSPS) is 11.2. The van der Waals surface area contributed by atoms with Gasteiger partial charge in [0, 0.05) is 15.6 Å². The first kappa shape index (κ1) is 13.4. The Labute approximate surface area is 126 Å². The summed E-state index contributed by atoms with van der Waals surface area (Å²) in [7, 11) is 0. The van der Waals surface area contributed by atoms with Gasteiger partial charge in [-0.2, -0.15) is 0 Å². The Hall–Kier alpha value is -1.55. The van der Waals surface area contributed by atoms with E-state index < -0.39 is 0 Å². The Morgan fingerprint density at radius 2 is 1.70 bits per heavy atom. The largest absolute Gasteiger partial charge is 0.324 e. The van der Waals surface area contributed by atoms with Crippen LogP contribution in [0.4, 0.5) is 0 Å². The summed E-state index contributed by atoms with van der Waals surface area (Å²) in [6.07, 6.45) is 0. The number of benzene rings is 2. The van der Waals surface area contributed by atoms with Crippen LogP contribution in [0.2, 0.25) is 10.0 Å². The van der Waals surface area contributed by atoms with Crippen molar-refractivity contribution in [2.45, 2.75) is 13.1 Å². The van der Waals surface area contributed by atoms with Crippen LogP contribution in [0, 0.1) is 0 Å². The van der Waals surface area contributed by atoms with Gasteiger partial charge in [0.15, 0.2) is 0 Å². The second-order valence-corrected chi connectivity index (χ2v) is 5.32. The fourth-order valence-corrected chi connectivity index (χ4v) is 2.82. The third-order valence-electron chi connectivity index (χ3n) is 3.29. The van der Waals surface area contributed by atoms with E-state index in [9.17, 15) is 0 Å². The van der Waals surface area contributed by atoms with E-state index in [0.717, 1.165) is 22.4 Å². The number of rotatable bonds is 3. The molecule has 3 nitrogen and oxygen atoms in total. The zero-order valence-electron chi connectivity index (χ0n) is 10.7. The summed E-state index contributed by atoms with van der Waals surface area (Å²) in [6, 6.07) is 13.4. The Morgan fingerprint density at radius 3 is 2.40 bits per heavy atom. The summed E-state index contributed by atoms with van der Waals surface area (Å²) in [5.41, 5.74) is 8.64. The van der Waals surface area contributed by atoms with Gasteiger partial charge in [-0.25, -0.2) is 4.98 Å². The van der Waals surface area contributed by atoms with Gasteiger partial charge >= 0.3 is 0 Å². The van der Waals surface area contributed by atoms with Gasteiger partial charge in [-0.3, -0.25) is 0 Å². The molecule has 0 saturated carbocycles. The van der Waals surface area contributed by atoms with Gasteiger partial charge in [0.05, 0.1) is 24.1 Å². The molecule has 1 aromatic heterocycles. The van der Waals surface area contributed by atoms with Crippen molar-refractivity contribution < 1.29 is 0 Å². The van der Waals surface area contributed by atoms with Crippen molar-refractivity contribution in [3.63, 3.8) is 0 Å². The topological polar surface area (TPSA) is 43.8 Å². The van der Waals surface area contributed by atoms with Crippen molar-refractivity contribution in [1.82, 2.24) is 9.55 Å². The van der Waals surface area contributed by atoms with E-state index in [1.54, 1.807) is 0 Å². The maximum absolute atomic E-state index is 6.24. The number of halogens is 2. The summed E-state index contributed by atoms with van der Waals surface area (Å²) in [5, 5.41) is 1.30. The van der Waals surface area contributed by atoms with Crippen LogP contribution in [0.5, 0.6) is 0 Å². The molecule has 0 radical (unpaired) electrons. The van der Waals surface area contributed by atoms with Crippen molar-refractivity contribution in [3.8, 4) is 0 Å². The first-order chi connectivity index (χ1) is 9.70.